The Morgan fingerprint density at radius 1 is 1.22 bits per heavy atom. The van der Waals surface area contributed by atoms with Gasteiger partial charge in [-0.2, -0.15) is 4.98 Å². The number of hydrogen-bond donors (Lipinski definition) is 2. The fraction of sp³-hybridized carbons (Fsp3) is 0.647. The molecule has 0 radical (unpaired) electrons. The van der Waals surface area contributed by atoms with Crippen molar-refractivity contribution in [2.75, 3.05) is 5.73 Å². The van der Waals surface area contributed by atoms with Crippen LogP contribution >= 0.6 is 0 Å². The fourth-order valence-electron chi connectivity index (χ4n) is 3.50. The van der Waals surface area contributed by atoms with Crippen LogP contribution < -0.4 is 11.1 Å². The van der Waals surface area contributed by atoms with Crippen LogP contribution in [0.1, 0.15) is 51.3 Å². The fourth-order valence-corrected chi connectivity index (χ4v) is 3.50. The van der Waals surface area contributed by atoms with E-state index in [1.807, 2.05) is 13.8 Å². The molecular weight excluding hydrogens is 292 g/mol. The molecule has 1 saturated heterocycles. The summed E-state index contributed by atoms with van der Waals surface area (Å²) in [5.74, 6) is 1.95. The van der Waals surface area contributed by atoms with Gasteiger partial charge in [0.05, 0.1) is 23.1 Å². The number of nitrogens with zero attached hydrogens (tertiary/aromatic N) is 2. The smallest absolute Gasteiger partial charge is 0.231 e. The summed E-state index contributed by atoms with van der Waals surface area (Å²) in [5, 5.41) is 4.33. The van der Waals surface area contributed by atoms with Crippen molar-refractivity contribution >= 4 is 16.9 Å². The van der Waals surface area contributed by atoms with Gasteiger partial charge in [-0.1, -0.05) is 0 Å². The molecule has 0 unspecified atom stereocenters. The number of rotatable bonds is 3. The van der Waals surface area contributed by atoms with Crippen molar-refractivity contribution in [3.8, 4) is 0 Å². The average Bonchev–Trinajstić information content (AvgIpc) is 2.80. The molecule has 1 aliphatic heterocycles. The Bertz CT molecular complexity index is 749. The van der Waals surface area contributed by atoms with Gasteiger partial charge in [0.15, 0.2) is 0 Å². The first-order valence-corrected chi connectivity index (χ1v) is 8.05. The number of ether oxygens (including phenoxy) is 1. The number of aromatic nitrogens is 2. The van der Waals surface area contributed by atoms with Crippen LogP contribution in [-0.4, -0.2) is 27.2 Å². The quantitative estimate of drug-likeness (QED) is 0.905. The predicted octanol–water partition coefficient (Wildman–Crippen LogP) is 2.86. The zero-order valence-corrected chi connectivity index (χ0v) is 14.8. The summed E-state index contributed by atoms with van der Waals surface area (Å²) in [5.41, 5.74) is 7.30. The summed E-state index contributed by atoms with van der Waals surface area (Å²) in [6.07, 6.45) is 0.941. The predicted molar refractivity (Wildman–Crippen MR) is 90.2 cm³/mol. The molecule has 1 aliphatic rings. The zero-order chi connectivity index (χ0) is 17.0. The van der Waals surface area contributed by atoms with Crippen LogP contribution in [0.4, 0.5) is 5.82 Å². The average molecular weight is 318 g/mol. The molecule has 3 rings (SSSR count). The third-order valence-corrected chi connectivity index (χ3v) is 4.68. The van der Waals surface area contributed by atoms with Crippen LogP contribution in [0.3, 0.4) is 0 Å². The third-order valence-electron chi connectivity index (χ3n) is 4.68. The molecule has 0 aliphatic carbocycles. The van der Waals surface area contributed by atoms with Gasteiger partial charge in [0.1, 0.15) is 17.4 Å². The molecule has 23 heavy (non-hydrogen) atoms. The zero-order valence-electron chi connectivity index (χ0n) is 14.8. The van der Waals surface area contributed by atoms with Crippen molar-refractivity contribution in [1.82, 2.24) is 15.3 Å². The van der Waals surface area contributed by atoms with E-state index in [9.17, 15) is 0 Å². The van der Waals surface area contributed by atoms with Crippen LogP contribution in [0, 0.1) is 13.8 Å². The summed E-state index contributed by atoms with van der Waals surface area (Å²) in [6.45, 7) is 12.9. The lowest BCUT2D eigenvalue weighted by Gasteiger charge is -2.27. The molecule has 2 aromatic rings. The Morgan fingerprint density at radius 3 is 2.52 bits per heavy atom. The van der Waals surface area contributed by atoms with Crippen molar-refractivity contribution in [1.29, 1.82) is 0 Å². The molecule has 6 nitrogen and oxygen atoms in total. The van der Waals surface area contributed by atoms with Gasteiger partial charge in [-0.3, -0.25) is 0 Å². The number of aryl methyl sites for hydroxylation is 2. The Kier molecular flexibility index (Phi) is 3.65. The maximum atomic E-state index is 6.10. The van der Waals surface area contributed by atoms with Crippen molar-refractivity contribution in [2.24, 2.45) is 0 Å². The molecular formula is C17H26N4O2. The number of furan rings is 1. The third kappa shape index (κ3) is 2.93. The molecule has 1 atom stereocenters. The highest BCUT2D eigenvalue weighted by Crippen LogP contribution is 2.37. The summed E-state index contributed by atoms with van der Waals surface area (Å²) in [4.78, 5) is 8.93. The van der Waals surface area contributed by atoms with Crippen LogP contribution in [0.25, 0.3) is 11.1 Å². The molecule has 0 saturated carbocycles. The summed E-state index contributed by atoms with van der Waals surface area (Å²) < 4.78 is 11.8. The number of nitrogens with one attached hydrogen (secondary N) is 1. The van der Waals surface area contributed by atoms with Crippen LogP contribution in [0.15, 0.2) is 4.42 Å². The van der Waals surface area contributed by atoms with Gasteiger partial charge < -0.3 is 20.2 Å². The lowest BCUT2D eigenvalue weighted by molar-refractivity contribution is -0.0699. The second kappa shape index (κ2) is 5.18. The number of anilines is 1. The molecule has 2 aromatic heterocycles. The van der Waals surface area contributed by atoms with Gasteiger partial charge in [-0.15, -0.1) is 0 Å². The van der Waals surface area contributed by atoms with Gasteiger partial charge in [-0.25, -0.2) is 4.98 Å². The Balaban J connectivity index is 1.80. The van der Waals surface area contributed by atoms with E-state index in [0.29, 0.717) is 23.9 Å². The molecule has 0 amide bonds. The summed E-state index contributed by atoms with van der Waals surface area (Å²) in [7, 11) is 0. The summed E-state index contributed by atoms with van der Waals surface area (Å²) in [6, 6.07) is 0.234. The van der Waals surface area contributed by atoms with Gasteiger partial charge >= 0.3 is 0 Å². The van der Waals surface area contributed by atoms with Crippen molar-refractivity contribution < 1.29 is 9.15 Å². The summed E-state index contributed by atoms with van der Waals surface area (Å²) >= 11 is 0. The van der Waals surface area contributed by atoms with Crippen LogP contribution in [0.2, 0.25) is 0 Å². The van der Waals surface area contributed by atoms with Crippen LogP contribution in [0.5, 0.6) is 0 Å². The van der Waals surface area contributed by atoms with E-state index < -0.39 is 0 Å². The molecule has 3 N–H and O–H groups in total. The van der Waals surface area contributed by atoms with E-state index in [1.165, 1.54) is 0 Å². The Labute approximate surface area is 136 Å². The van der Waals surface area contributed by atoms with E-state index in [-0.39, 0.29) is 17.2 Å². The minimum atomic E-state index is -0.225. The Morgan fingerprint density at radius 2 is 1.91 bits per heavy atom. The lowest BCUT2D eigenvalue weighted by atomic mass is 9.94. The lowest BCUT2D eigenvalue weighted by Crippen LogP contribution is -2.43. The van der Waals surface area contributed by atoms with E-state index in [4.69, 9.17) is 14.9 Å². The Hall–Kier alpha value is -1.66. The molecule has 3 heterocycles. The first kappa shape index (κ1) is 16.2. The minimum Gasteiger partial charge on any atom is -0.443 e. The van der Waals surface area contributed by atoms with E-state index in [1.54, 1.807) is 0 Å². The maximum absolute atomic E-state index is 6.10. The topological polar surface area (TPSA) is 86.2 Å². The number of nitrogens with two attached hydrogens (primary N) is 1. The van der Waals surface area contributed by atoms with Crippen LogP contribution in [-0.2, 0) is 11.3 Å². The van der Waals surface area contributed by atoms with Gasteiger partial charge in [0, 0.05) is 11.6 Å². The second-order valence-corrected chi connectivity index (χ2v) is 7.59. The number of hydrogen-bond acceptors (Lipinski definition) is 6. The monoisotopic (exact) mass is 318 g/mol. The number of fused-ring (bicyclic) bond motifs is 1. The molecule has 0 aromatic carbocycles. The van der Waals surface area contributed by atoms with Crippen molar-refractivity contribution in [3.05, 3.63) is 17.1 Å². The van der Waals surface area contributed by atoms with E-state index in [2.05, 4.69) is 43.0 Å². The van der Waals surface area contributed by atoms with Crippen molar-refractivity contribution in [3.63, 3.8) is 0 Å². The van der Waals surface area contributed by atoms with E-state index >= 15 is 0 Å². The maximum Gasteiger partial charge on any atom is 0.231 e. The normalized spacial score (nSPS) is 22.8. The highest BCUT2D eigenvalue weighted by molar-refractivity contribution is 5.88. The standard InChI is InChI=1S/C17H26N4O2/c1-9-10(2)22-15-13(9)14(18)20-12(21-15)8-19-11-7-16(3,4)23-17(11,5)6/h11,19H,7-8H2,1-6H3,(H2,18,20,21)/t11-/m0/s1. The molecule has 126 valence electrons. The number of nitrogen functional groups attached to an aromatic ring is 1. The molecule has 0 bridgehead atoms. The van der Waals surface area contributed by atoms with Gasteiger partial charge in [0.2, 0.25) is 5.71 Å². The minimum absolute atomic E-state index is 0.125. The SMILES string of the molecule is Cc1oc2nc(CN[C@H]3CC(C)(C)OC3(C)C)nc(N)c2c1C. The largest absolute Gasteiger partial charge is 0.443 e. The molecule has 0 spiro atoms. The molecule has 6 heteroatoms. The van der Waals surface area contributed by atoms with Gasteiger partial charge in [0.25, 0.3) is 0 Å². The van der Waals surface area contributed by atoms with Gasteiger partial charge in [-0.05, 0) is 48.0 Å². The van der Waals surface area contributed by atoms with E-state index in [0.717, 1.165) is 23.1 Å². The molecule has 1 fully saturated rings. The second-order valence-electron chi connectivity index (χ2n) is 7.59. The first-order valence-electron chi connectivity index (χ1n) is 8.05. The van der Waals surface area contributed by atoms with Crippen molar-refractivity contribution in [2.45, 2.75) is 71.8 Å². The highest BCUT2D eigenvalue weighted by Gasteiger charge is 2.45. The highest BCUT2D eigenvalue weighted by atomic mass is 16.5. The first-order chi connectivity index (χ1) is 10.6.